The van der Waals surface area contributed by atoms with Crippen LogP contribution in [0.3, 0.4) is 0 Å². The van der Waals surface area contributed by atoms with E-state index in [-0.39, 0.29) is 5.54 Å². The van der Waals surface area contributed by atoms with Crippen LogP contribution in [-0.4, -0.2) is 36.7 Å². The highest BCUT2D eigenvalue weighted by Gasteiger charge is 2.34. The van der Waals surface area contributed by atoms with Crippen molar-refractivity contribution in [1.29, 1.82) is 0 Å². The van der Waals surface area contributed by atoms with Crippen LogP contribution in [0.5, 0.6) is 5.75 Å². The molecule has 1 fully saturated rings. The molecule has 0 bridgehead atoms. The van der Waals surface area contributed by atoms with Crippen LogP contribution in [0.25, 0.3) is 0 Å². The van der Waals surface area contributed by atoms with Crippen molar-refractivity contribution in [3.8, 4) is 5.75 Å². The van der Waals surface area contributed by atoms with Crippen LogP contribution in [0, 0.1) is 0 Å². The van der Waals surface area contributed by atoms with E-state index in [2.05, 4.69) is 42.3 Å². The molecule has 0 spiro atoms. The van der Waals surface area contributed by atoms with Gasteiger partial charge in [-0.15, -0.1) is 0 Å². The van der Waals surface area contributed by atoms with E-state index in [1.807, 2.05) is 0 Å². The Labute approximate surface area is 128 Å². The minimum absolute atomic E-state index is 0.196. The number of benzene rings is 1. The summed E-state index contributed by atoms with van der Waals surface area (Å²) >= 11 is 0. The first-order chi connectivity index (χ1) is 10.2. The standard InChI is InChI=1S/C18H28N2O/c1-3-20-11-5-4-9-18(20,2)14-21-17-7-6-15-8-10-19-13-16(15)12-17/h6-7,12,19H,3-5,8-11,13-14H2,1-2H3. The van der Waals surface area contributed by atoms with Crippen molar-refractivity contribution in [1.82, 2.24) is 10.2 Å². The fraction of sp³-hybridized carbons (Fsp3) is 0.667. The Morgan fingerprint density at radius 3 is 3.05 bits per heavy atom. The predicted molar refractivity (Wildman–Crippen MR) is 86.9 cm³/mol. The third-order valence-corrected chi connectivity index (χ3v) is 5.15. The Hall–Kier alpha value is -1.06. The predicted octanol–water partition coefficient (Wildman–Crippen LogP) is 2.98. The van der Waals surface area contributed by atoms with Gasteiger partial charge in [0.15, 0.2) is 0 Å². The SMILES string of the molecule is CCN1CCCCC1(C)COc1ccc2c(c1)CNCC2. The number of fused-ring (bicyclic) bond motifs is 1. The second-order valence-electron chi connectivity index (χ2n) is 6.68. The van der Waals surface area contributed by atoms with Crippen molar-refractivity contribution in [3.05, 3.63) is 29.3 Å². The van der Waals surface area contributed by atoms with Crippen LogP contribution >= 0.6 is 0 Å². The first kappa shape index (κ1) is 14.9. The maximum Gasteiger partial charge on any atom is 0.119 e. The van der Waals surface area contributed by atoms with Gasteiger partial charge in [0.05, 0.1) is 5.54 Å². The van der Waals surface area contributed by atoms with Gasteiger partial charge >= 0.3 is 0 Å². The lowest BCUT2D eigenvalue weighted by molar-refractivity contribution is 0.0250. The first-order valence-corrected chi connectivity index (χ1v) is 8.42. The Balaban J connectivity index is 1.66. The van der Waals surface area contributed by atoms with E-state index >= 15 is 0 Å². The lowest BCUT2D eigenvalue weighted by atomic mass is 9.89. The summed E-state index contributed by atoms with van der Waals surface area (Å²) in [6.45, 7) is 9.82. The molecule has 1 N–H and O–H groups in total. The summed E-state index contributed by atoms with van der Waals surface area (Å²) in [7, 11) is 0. The fourth-order valence-corrected chi connectivity index (χ4v) is 3.73. The van der Waals surface area contributed by atoms with Crippen LogP contribution in [0.1, 0.15) is 44.2 Å². The lowest BCUT2D eigenvalue weighted by Crippen LogP contribution is -2.53. The number of ether oxygens (including phenoxy) is 1. The number of likely N-dealkylation sites (tertiary alicyclic amines) is 1. The van der Waals surface area contributed by atoms with E-state index in [4.69, 9.17) is 4.74 Å². The van der Waals surface area contributed by atoms with E-state index < -0.39 is 0 Å². The van der Waals surface area contributed by atoms with Crippen molar-refractivity contribution in [2.45, 2.75) is 51.6 Å². The monoisotopic (exact) mass is 288 g/mol. The molecule has 1 atom stereocenters. The molecular weight excluding hydrogens is 260 g/mol. The van der Waals surface area contributed by atoms with Gasteiger partial charge < -0.3 is 10.1 Å². The number of nitrogens with zero attached hydrogens (tertiary/aromatic N) is 1. The zero-order valence-electron chi connectivity index (χ0n) is 13.5. The van der Waals surface area contributed by atoms with E-state index in [1.165, 1.54) is 36.9 Å². The van der Waals surface area contributed by atoms with Crippen LogP contribution in [0.15, 0.2) is 18.2 Å². The molecule has 1 unspecified atom stereocenters. The third-order valence-electron chi connectivity index (χ3n) is 5.15. The van der Waals surface area contributed by atoms with Crippen molar-refractivity contribution >= 4 is 0 Å². The summed E-state index contributed by atoms with van der Waals surface area (Å²) < 4.78 is 6.18. The van der Waals surface area contributed by atoms with Crippen molar-refractivity contribution in [2.24, 2.45) is 0 Å². The highest BCUT2D eigenvalue weighted by Crippen LogP contribution is 2.29. The highest BCUT2D eigenvalue weighted by molar-refractivity contribution is 5.37. The molecule has 2 aliphatic heterocycles. The summed E-state index contributed by atoms with van der Waals surface area (Å²) in [6, 6.07) is 6.61. The van der Waals surface area contributed by atoms with Gasteiger partial charge in [0.1, 0.15) is 12.4 Å². The Kier molecular flexibility index (Phi) is 4.51. The molecule has 0 radical (unpaired) electrons. The summed E-state index contributed by atoms with van der Waals surface area (Å²) in [6.07, 6.45) is 5.03. The molecule has 1 aromatic carbocycles. The van der Waals surface area contributed by atoms with Crippen LogP contribution < -0.4 is 10.1 Å². The summed E-state index contributed by atoms with van der Waals surface area (Å²) in [5.74, 6) is 1.03. The summed E-state index contributed by atoms with van der Waals surface area (Å²) in [4.78, 5) is 2.58. The summed E-state index contributed by atoms with van der Waals surface area (Å²) in [5.41, 5.74) is 3.07. The Bertz CT molecular complexity index is 488. The molecule has 1 aromatic rings. The maximum atomic E-state index is 6.18. The Morgan fingerprint density at radius 2 is 2.19 bits per heavy atom. The molecule has 21 heavy (non-hydrogen) atoms. The van der Waals surface area contributed by atoms with Gasteiger partial charge in [-0.25, -0.2) is 0 Å². The van der Waals surface area contributed by atoms with Crippen LogP contribution in [-0.2, 0) is 13.0 Å². The van der Waals surface area contributed by atoms with E-state index in [1.54, 1.807) is 0 Å². The second-order valence-corrected chi connectivity index (χ2v) is 6.68. The number of rotatable bonds is 4. The molecule has 0 amide bonds. The fourth-order valence-electron chi connectivity index (χ4n) is 3.73. The van der Waals surface area contributed by atoms with Crippen molar-refractivity contribution < 1.29 is 4.74 Å². The number of nitrogens with one attached hydrogen (secondary N) is 1. The van der Waals surface area contributed by atoms with Gasteiger partial charge in [-0.1, -0.05) is 19.4 Å². The highest BCUT2D eigenvalue weighted by atomic mass is 16.5. The van der Waals surface area contributed by atoms with Gasteiger partial charge in [-0.2, -0.15) is 0 Å². The number of piperidine rings is 1. The molecule has 3 nitrogen and oxygen atoms in total. The van der Waals surface area contributed by atoms with E-state index in [9.17, 15) is 0 Å². The minimum Gasteiger partial charge on any atom is -0.492 e. The van der Waals surface area contributed by atoms with E-state index in [0.29, 0.717) is 0 Å². The minimum atomic E-state index is 0.196. The van der Waals surface area contributed by atoms with Gasteiger partial charge in [0.2, 0.25) is 0 Å². The zero-order chi connectivity index (χ0) is 14.7. The van der Waals surface area contributed by atoms with Gasteiger partial charge in [0.25, 0.3) is 0 Å². The molecule has 2 aliphatic rings. The molecule has 3 rings (SSSR count). The molecule has 2 heterocycles. The van der Waals surface area contributed by atoms with Gasteiger partial charge in [-0.05, 0) is 69.1 Å². The zero-order valence-corrected chi connectivity index (χ0v) is 13.5. The largest absolute Gasteiger partial charge is 0.492 e. The number of likely N-dealkylation sites (N-methyl/N-ethyl adjacent to an activating group) is 1. The molecule has 0 saturated carbocycles. The lowest BCUT2D eigenvalue weighted by Gasteiger charge is -2.44. The molecule has 0 aromatic heterocycles. The average Bonchev–Trinajstić information content (AvgIpc) is 2.53. The van der Waals surface area contributed by atoms with Crippen molar-refractivity contribution in [3.63, 3.8) is 0 Å². The second kappa shape index (κ2) is 6.37. The quantitative estimate of drug-likeness (QED) is 0.922. The van der Waals surface area contributed by atoms with Gasteiger partial charge in [0, 0.05) is 6.54 Å². The third kappa shape index (κ3) is 3.24. The summed E-state index contributed by atoms with van der Waals surface area (Å²) in [5, 5.41) is 3.43. The molecule has 0 aliphatic carbocycles. The molecule has 3 heteroatoms. The van der Waals surface area contributed by atoms with Gasteiger partial charge in [-0.3, -0.25) is 4.90 Å². The molecular formula is C18H28N2O. The number of hydrogen-bond donors (Lipinski definition) is 1. The topological polar surface area (TPSA) is 24.5 Å². The normalized spacial score (nSPS) is 26.4. The first-order valence-electron chi connectivity index (χ1n) is 8.42. The van der Waals surface area contributed by atoms with E-state index in [0.717, 1.165) is 38.4 Å². The Morgan fingerprint density at radius 1 is 1.29 bits per heavy atom. The smallest absolute Gasteiger partial charge is 0.119 e. The molecule has 1 saturated heterocycles. The maximum absolute atomic E-state index is 6.18. The van der Waals surface area contributed by atoms with Crippen LogP contribution in [0.2, 0.25) is 0 Å². The average molecular weight is 288 g/mol. The van der Waals surface area contributed by atoms with Crippen molar-refractivity contribution in [2.75, 3.05) is 26.2 Å². The van der Waals surface area contributed by atoms with Crippen LogP contribution in [0.4, 0.5) is 0 Å². The molecule has 116 valence electrons. The number of hydrogen-bond acceptors (Lipinski definition) is 3.